The van der Waals surface area contributed by atoms with E-state index in [0.717, 1.165) is 28.4 Å². The van der Waals surface area contributed by atoms with Gasteiger partial charge in [0.15, 0.2) is 0 Å². The molecular weight excluding hydrogens is 340 g/mol. The molecule has 0 spiro atoms. The molecule has 2 aromatic carbocycles. The van der Waals surface area contributed by atoms with E-state index in [1.54, 1.807) is 19.2 Å². The number of carbonyl (C=O) groups excluding carboxylic acids is 2. The minimum Gasteiger partial charge on any atom is -0.497 e. The van der Waals surface area contributed by atoms with Gasteiger partial charge in [0.2, 0.25) is 0 Å². The molecule has 0 bridgehead atoms. The molecule has 3 rings (SSSR count). The van der Waals surface area contributed by atoms with Crippen molar-refractivity contribution in [2.24, 2.45) is 0 Å². The number of aryl methyl sites for hydroxylation is 1. The molecule has 6 heteroatoms. The summed E-state index contributed by atoms with van der Waals surface area (Å²) in [7, 11) is 1.57. The lowest BCUT2D eigenvalue weighted by molar-refractivity contribution is -0.137. The van der Waals surface area contributed by atoms with Crippen LogP contribution in [0.1, 0.15) is 16.7 Å². The number of carbonyl (C=O) groups is 2. The average Bonchev–Trinajstić information content (AvgIpc) is 2.93. The third-order valence-corrected chi connectivity index (χ3v) is 4.26. The van der Waals surface area contributed by atoms with E-state index in [1.807, 2.05) is 12.1 Å². The maximum absolute atomic E-state index is 14.3. The molecule has 0 unspecified atom stereocenters. The maximum Gasteiger partial charge on any atom is 0.253 e. The Balaban J connectivity index is 1.70. The van der Waals surface area contributed by atoms with Crippen molar-refractivity contribution in [3.8, 4) is 5.75 Å². The summed E-state index contributed by atoms with van der Waals surface area (Å²) in [5.41, 5.74) is 1.16. The minimum absolute atomic E-state index is 0.0123. The van der Waals surface area contributed by atoms with Crippen LogP contribution in [0.4, 0.5) is 8.78 Å². The van der Waals surface area contributed by atoms with Gasteiger partial charge in [-0.25, -0.2) is 8.78 Å². The van der Waals surface area contributed by atoms with Crippen LogP contribution in [0.3, 0.4) is 0 Å². The van der Waals surface area contributed by atoms with Crippen molar-refractivity contribution in [2.75, 3.05) is 7.11 Å². The molecule has 0 aliphatic carbocycles. The predicted octanol–water partition coefficient (Wildman–Crippen LogP) is 3.18. The van der Waals surface area contributed by atoms with E-state index in [0.29, 0.717) is 6.42 Å². The topological polar surface area (TPSA) is 46.6 Å². The first-order chi connectivity index (χ1) is 12.5. The molecule has 0 saturated carbocycles. The molecule has 0 N–H and O–H groups in total. The number of hydrogen-bond donors (Lipinski definition) is 0. The van der Waals surface area contributed by atoms with E-state index in [9.17, 15) is 18.4 Å². The lowest BCUT2D eigenvalue weighted by atomic mass is 10.0. The average molecular weight is 357 g/mol. The number of rotatable bonds is 6. The second-order valence-corrected chi connectivity index (χ2v) is 5.98. The molecule has 1 heterocycles. The Morgan fingerprint density at radius 2 is 1.46 bits per heavy atom. The zero-order valence-electron chi connectivity index (χ0n) is 14.2. The normalized spacial score (nSPS) is 13.6. The Kier molecular flexibility index (Phi) is 5.11. The molecule has 4 nitrogen and oxygen atoms in total. The summed E-state index contributed by atoms with van der Waals surface area (Å²) < 4.78 is 33.7. The van der Waals surface area contributed by atoms with E-state index < -0.39 is 23.4 Å². The number of imide groups is 1. The molecule has 0 saturated heterocycles. The molecule has 0 aromatic heterocycles. The highest BCUT2D eigenvalue weighted by atomic mass is 19.1. The number of halogens is 2. The van der Waals surface area contributed by atoms with E-state index >= 15 is 0 Å². The zero-order chi connectivity index (χ0) is 18.7. The van der Waals surface area contributed by atoms with Gasteiger partial charge in [-0.3, -0.25) is 14.5 Å². The van der Waals surface area contributed by atoms with Gasteiger partial charge in [0.05, 0.1) is 13.7 Å². The van der Waals surface area contributed by atoms with Crippen molar-refractivity contribution in [3.05, 3.63) is 76.9 Å². The molecule has 26 heavy (non-hydrogen) atoms. The van der Waals surface area contributed by atoms with Gasteiger partial charge >= 0.3 is 0 Å². The summed E-state index contributed by atoms with van der Waals surface area (Å²) in [5.74, 6) is -1.61. The van der Waals surface area contributed by atoms with Gasteiger partial charge in [-0.05, 0) is 48.2 Å². The SMILES string of the molecule is COc1ccc(CCc2c(F)cc(CN3C(=O)C=CC3=O)cc2F)cc1. The Hall–Kier alpha value is -3.02. The lowest BCUT2D eigenvalue weighted by Crippen LogP contribution is -2.29. The summed E-state index contributed by atoms with van der Waals surface area (Å²) in [6.45, 7) is -0.155. The molecule has 134 valence electrons. The molecular formula is C20H17F2NO3. The number of hydrogen-bond acceptors (Lipinski definition) is 3. The highest BCUT2D eigenvalue weighted by molar-refractivity contribution is 6.12. The van der Waals surface area contributed by atoms with Gasteiger partial charge in [0.1, 0.15) is 17.4 Å². The highest BCUT2D eigenvalue weighted by Gasteiger charge is 2.24. The second-order valence-electron chi connectivity index (χ2n) is 5.98. The molecule has 1 aliphatic rings. The van der Waals surface area contributed by atoms with Gasteiger partial charge in [0.25, 0.3) is 11.8 Å². The Morgan fingerprint density at radius 1 is 0.885 bits per heavy atom. The van der Waals surface area contributed by atoms with Gasteiger partial charge in [-0.15, -0.1) is 0 Å². The van der Waals surface area contributed by atoms with Crippen molar-refractivity contribution in [1.82, 2.24) is 4.90 Å². The van der Waals surface area contributed by atoms with Crippen molar-refractivity contribution in [1.29, 1.82) is 0 Å². The number of benzene rings is 2. The van der Waals surface area contributed by atoms with Crippen LogP contribution >= 0.6 is 0 Å². The van der Waals surface area contributed by atoms with Crippen LogP contribution in [0.15, 0.2) is 48.6 Å². The van der Waals surface area contributed by atoms with Crippen LogP contribution in [-0.4, -0.2) is 23.8 Å². The van der Waals surface area contributed by atoms with Crippen LogP contribution in [0.5, 0.6) is 5.75 Å². The van der Waals surface area contributed by atoms with E-state index in [1.165, 1.54) is 12.1 Å². The fourth-order valence-electron chi connectivity index (χ4n) is 2.82. The second kappa shape index (κ2) is 7.47. The Labute approximate surface area is 149 Å². The first-order valence-electron chi connectivity index (χ1n) is 8.11. The molecule has 0 radical (unpaired) electrons. The van der Waals surface area contributed by atoms with E-state index in [4.69, 9.17) is 4.74 Å². The largest absolute Gasteiger partial charge is 0.497 e. The summed E-state index contributed by atoms with van der Waals surface area (Å²) in [5, 5.41) is 0. The van der Waals surface area contributed by atoms with Crippen LogP contribution in [-0.2, 0) is 29.0 Å². The molecule has 2 amide bonds. The first kappa shape index (κ1) is 17.8. The van der Waals surface area contributed by atoms with Crippen LogP contribution in [0, 0.1) is 11.6 Å². The highest BCUT2D eigenvalue weighted by Crippen LogP contribution is 2.21. The monoisotopic (exact) mass is 357 g/mol. The zero-order valence-corrected chi connectivity index (χ0v) is 14.2. The third kappa shape index (κ3) is 3.79. The summed E-state index contributed by atoms with van der Waals surface area (Å²) in [4.78, 5) is 24.0. The molecule has 1 aliphatic heterocycles. The van der Waals surface area contributed by atoms with Crippen molar-refractivity contribution < 1.29 is 23.1 Å². The van der Waals surface area contributed by atoms with Gasteiger partial charge in [0, 0.05) is 17.7 Å². The van der Waals surface area contributed by atoms with Gasteiger partial charge in [-0.2, -0.15) is 0 Å². The quantitative estimate of drug-likeness (QED) is 0.746. The summed E-state index contributed by atoms with van der Waals surface area (Å²) in [6, 6.07) is 9.63. The smallest absolute Gasteiger partial charge is 0.253 e. The van der Waals surface area contributed by atoms with Gasteiger partial charge < -0.3 is 4.74 Å². The molecule has 2 aromatic rings. The van der Waals surface area contributed by atoms with Crippen molar-refractivity contribution >= 4 is 11.8 Å². The summed E-state index contributed by atoms with van der Waals surface area (Å²) >= 11 is 0. The predicted molar refractivity (Wildman–Crippen MR) is 91.5 cm³/mol. The number of nitrogens with zero attached hydrogens (tertiary/aromatic N) is 1. The van der Waals surface area contributed by atoms with Crippen molar-refractivity contribution in [3.63, 3.8) is 0 Å². The Morgan fingerprint density at radius 3 is 2.00 bits per heavy atom. The van der Waals surface area contributed by atoms with E-state index in [2.05, 4.69) is 0 Å². The minimum atomic E-state index is -0.680. The summed E-state index contributed by atoms with van der Waals surface area (Å²) in [6.07, 6.45) is 2.95. The van der Waals surface area contributed by atoms with Crippen LogP contribution < -0.4 is 4.74 Å². The maximum atomic E-state index is 14.3. The van der Waals surface area contributed by atoms with Crippen LogP contribution in [0.2, 0.25) is 0 Å². The van der Waals surface area contributed by atoms with Gasteiger partial charge in [-0.1, -0.05) is 12.1 Å². The fraction of sp³-hybridized carbons (Fsp3) is 0.200. The first-order valence-corrected chi connectivity index (χ1v) is 8.11. The number of amides is 2. The van der Waals surface area contributed by atoms with Crippen LogP contribution in [0.25, 0.3) is 0 Å². The fourth-order valence-corrected chi connectivity index (χ4v) is 2.82. The standard InChI is InChI=1S/C20H17F2NO3/c1-26-15-5-2-13(3-6-15)4-7-16-17(21)10-14(11-18(16)22)12-23-19(24)8-9-20(23)25/h2-3,5-6,8-11H,4,7,12H2,1H3. The van der Waals surface area contributed by atoms with E-state index in [-0.39, 0.29) is 24.1 Å². The lowest BCUT2D eigenvalue weighted by Gasteiger charge is -2.15. The molecule has 0 atom stereocenters. The number of ether oxygens (including phenoxy) is 1. The third-order valence-electron chi connectivity index (χ3n) is 4.26. The van der Waals surface area contributed by atoms with Crippen molar-refractivity contribution in [2.45, 2.75) is 19.4 Å². The molecule has 0 fully saturated rings. The number of methoxy groups -OCH3 is 1. The Bertz CT molecular complexity index is 834.